The molecule has 0 bridgehead atoms. The van der Waals surface area contributed by atoms with Gasteiger partial charge in [0.05, 0.1) is 5.69 Å². The van der Waals surface area contributed by atoms with Gasteiger partial charge in [0, 0.05) is 17.4 Å². The molecule has 1 fully saturated rings. The average Bonchev–Trinajstić information content (AvgIpc) is 3.25. The van der Waals surface area contributed by atoms with Crippen molar-refractivity contribution in [2.24, 2.45) is 10.9 Å². The van der Waals surface area contributed by atoms with Crippen LogP contribution in [0.3, 0.4) is 0 Å². The monoisotopic (exact) mass is 640 g/mol. The summed E-state index contributed by atoms with van der Waals surface area (Å²) < 4.78 is 1.53. The number of oxime groups is 1. The molecule has 4 heterocycles. The normalized spacial score (nSPS) is 19.0. The summed E-state index contributed by atoms with van der Waals surface area (Å²) in [5, 5.41) is 26.7. The Morgan fingerprint density at radius 3 is 2.64 bits per heavy atom. The molecule has 4 amide bonds. The number of hydrogen-bond donors (Lipinski definition) is 7. The van der Waals surface area contributed by atoms with E-state index in [2.05, 4.69) is 20.8 Å². The van der Waals surface area contributed by atoms with Crippen LogP contribution in [0, 0.1) is 0 Å². The van der Waals surface area contributed by atoms with Gasteiger partial charge in [-0.25, -0.2) is 19.4 Å². The number of aliphatic carboxylic acids is 2. The number of carboxylic acid groups (broad SMARTS) is 2. The number of carboxylic acids is 2. The number of nitrogen functional groups attached to an aromatic ring is 2. The number of pyridine rings is 1. The van der Waals surface area contributed by atoms with E-state index in [4.69, 9.17) is 38.7 Å². The number of carbonyl (C=O) groups is 5. The van der Waals surface area contributed by atoms with Gasteiger partial charge >= 0.3 is 18.0 Å². The maximum atomic E-state index is 13.2. The van der Waals surface area contributed by atoms with Crippen molar-refractivity contribution in [3.63, 3.8) is 0 Å². The minimum Gasteiger partial charge on any atom is -0.478 e. The Morgan fingerprint density at radius 2 is 2.05 bits per heavy atom. The van der Waals surface area contributed by atoms with E-state index in [-0.39, 0.29) is 44.5 Å². The molecule has 222 valence electrons. The van der Waals surface area contributed by atoms with E-state index in [9.17, 15) is 29.1 Å². The number of primary amides is 1. The van der Waals surface area contributed by atoms with Gasteiger partial charge in [0.2, 0.25) is 6.10 Å². The molecule has 10 N–H and O–H groups in total. The van der Waals surface area contributed by atoms with Crippen LogP contribution in [0.4, 0.5) is 21.3 Å². The molecule has 17 nitrogen and oxygen atoms in total. The molecule has 42 heavy (non-hydrogen) atoms. The maximum absolute atomic E-state index is 13.2. The molecule has 2 unspecified atom stereocenters. The van der Waals surface area contributed by atoms with Gasteiger partial charge in [-0.3, -0.25) is 14.5 Å². The van der Waals surface area contributed by atoms with Crippen molar-refractivity contribution < 1.29 is 43.6 Å². The highest BCUT2D eigenvalue weighted by Gasteiger charge is 2.55. The number of fused-ring (bicyclic) bond motifs is 1. The number of rotatable bonds is 10. The molecule has 4 rings (SSSR count). The number of halogens is 1. The summed E-state index contributed by atoms with van der Waals surface area (Å²) >= 11 is 8.16. The maximum Gasteiger partial charge on any atom is 0.352 e. The molecule has 2 aromatic rings. The van der Waals surface area contributed by atoms with E-state index in [1.807, 2.05) is 0 Å². The molecule has 20 heteroatoms. The summed E-state index contributed by atoms with van der Waals surface area (Å²) in [6.07, 6.45) is 1.60. The number of thiazole rings is 1. The van der Waals surface area contributed by atoms with E-state index in [0.717, 1.165) is 16.2 Å². The van der Waals surface area contributed by atoms with Gasteiger partial charge in [0.25, 0.3) is 11.8 Å². The third-order valence-electron chi connectivity index (χ3n) is 5.91. The molecular weight excluding hydrogens is 618 g/mol. The highest BCUT2D eigenvalue weighted by molar-refractivity contribution is 8.00. The van der Waals surface area contributed by atoms with Crippen LogP contribution in [0.15, 0.2) is 34.9 Å². The first-order valence-electron chi connectivity index (χ1n) is 11.7. The number of nitrogens with zero attached hydrogens (tertiary/aromatic N) is 4. The molecule has 0 saturated carbocycles. The number of nitrogens with one attached hydrogen (secondary N) is 2. The van der Waals surface area contributed by atoms with E-state index in [1.165, 1.54) is 30.9 Å². The number of carbonyl (C=O) groups excluding carboxylic acids is 3. The first-order chi connectivity index (χ1) is 19.8. The Bertz CT molecular complexity index is 1560. The minimum absolute atomic E-state index is 0.00390. The predicted molar refractivity (Wildman–Crippen MR) is 150 cm³/mol. The first kappa shape index (κ1) is 30.3. The Labute approximate surface area is 249 Å². The molecule has 0 aromatic carbocycles. The van der Waals surface area contributed by atoms with Gasteiger partial charge in [0.1, 0.15) is 32.8 Å². The number of β-lactam (4-membered cyclic amide) rings is 1. The van der Waals surface area contributed by atoms with Crippen molar-refractivity contribution in [1.29, 1.82) is 0 Å². The van der Waals surface area contributed by atoms with Crippen LogP contribution >= 0.6 is 34.7 Å². The molecule has 1 saturated heterocycles. The lowest BCUT2D eigenvalue weighted by atomic mass is 10.0. The Morgan fingerprint density at radius 1 is 1.33 bits per heavy atom. The molecule has 0 aliphatic carbocycles. The fourth-order valence-corrected chi connectivity index (χ4v) is 6.22. The van der Waals surface area contributed by atoms with Crippen molar-refractivity contribution in [2.75, 3.05) is 22.5 Å². The smallest absolute Gasteiger partial charge is 0.352 e. The van der Waals surface area contributed by atoms with Crippen molar-refractivity contribution in [1.82, 2.24) is 15.2 Å². The summed E-state index contributed by atoms with van der Waals surface area (Å²) in [7, 11) is 0. The largest absolute Gasteiger partial charge is 0.478 e. The summed E-state index contributed by atoms with van der Waals surface area (Å²) in [5.74, 6) is -4.23. The van der Waals surface area contributed by atoms with Crippen LogP contribution in [0.25, 0.3) is 0 Å². The number of nitrogens with two attached hydrogens (primary N) is 3. The lowest BCUT2D eigenvalue weighted by Crippen LogP contribution is -2.71. The molecule has 3 atom stereocenters. The number of hydrogen-bond acceptors (Lipinski definition) is 12. The van der Waals surface area contributed by atoms with Gasteiger partial charge in [-0.2, -0.15) is 4.57 Å². The van der Waals surface area contributed by atoms with E-state index in [1.54, 1.807) is 10.8 Å². The third kappa shape index (κ3) is 6.16. The second kappa shape index (κ2) is 12.1. The van der Waals surface area contributed by atoms with E-state index < -0.39 is 53.0 Å². The fourth-order valence-electron chi connectivity index (χ4n) is 3.95. The van der Waals surface area contributed by atoms with Gasteiger partial charge < -0.3 is 42.9 Å². The standard InChI is InChI=1S/C22H22ClN9O8S2/c1-7(19(35)36)40-30-12(11-15(23)42-22(26)29-11)16(33)28-13-17(34)32-14(20(37)38)8(6-41-18(13)32)4-31-3-2-9(24)10(5-31)27-21(25)39/h2-3,5,7,13,18,24H,4,6H2,1H3,(H8,25,26,27,28,29,33,35,36,37,38,39)/p+1/t7-,13?,18?/m0/s1. The van der Waals surface area contributed by atoms with Gasteiger partial charge in [-0.1, -0.05) is 28.1 Å². The molecule has 0 radical (unpaired) electrons. The number of aromatic nitrogens is 2. The van der Waals surface area contributed by atoms with Crippen molar-refractivity contribution >= 4 is 86.7 Å². The molecule has 2 aromatic heterocycles. The Balaban J connectivity index is 1.56. The lowest BCUT2D eigenvalue weighted by Gasteiger charge is -2.49. The summed E-state index contributed by atoms with van der Waals surface area (Å²) in [5.41, 5.74) is 16.5. The van der Waals surface area contributed by atoms with E-state index >= 15 is 0 Å². The first-order valence-corrected chi connectivity index (χ1v) is 14.0. The third-order valence-corrected chi connectivity index (χ3v) is 8.33. The van der Waals surface area contributed by atoms with Gasteiger partial charge in [-0.15, -0.1) is 11.8 Å². The van der Waals surface area contributed by atoms with Crippen LogP contribution in [-0.4, -0.2) is 78.9 Å². The molecule has 2 aliphatic rings. The Hall–Kier alpha value is -4.62. The quantitative estimate of drug-likeness (QED) is 0.0740. The molecule has 0 spiro atoms. The van der Waals surface area contributed by atoms with Crippen LogP contribution in [0.1, 0.15) is 12.6 Å². The number of amides is 4. The minimum atomic E-state index is -1.43. The average molecular weight is 641 g/mol. The highest BCUT2D eigenvalue weighted by atomic mass is 35.5. The van der Waals surface area contributed by atoms with Gasteiger partial charge in [-0.05, 0) is 6.92 Å². The zero-order chi connectivity index (χ0) is 30.9. The molecular formula is C22H23ClN9O8S2+. The second-order valence-electron chi connectivity index (χ2n) is 8.79. The number of thioether (sulfide) groups is 1. The molecule has 2 aliphatic heterocycles. The fraction of sp³-hybridized carbons (Fsp3) is 0.273. The van der Waals surface area contributed by atoms with Crippen LogP contribution in [0.2, 0.25) is 4.34 Å². The predicted octanol–water partition coefficient (Wildman–Crippen LogP) is -0.628. The summed E-state index contributed by atoms with van der Waals surface area (Å²) in [6, 6.07) is -0.504. The summed E-state index contributed by atoms with van der Waals surface area (Å²) in [4.78, 5) is 70.9. The van der Waals surface area contributed by atoms with Gasteiger partial charge in [0.15, 0.2) is 29.8 Å². The summed E-state index contributed by atoms with van der Waals surface area (Å²) in [6.45, 7) is 1.22. The second-order valence-corrected chi connectivity index (χ2v) is 11.5. The van der Waals surface area contributed by atoms with Crippen molar-refractivity contribution in [2.45, 2.75) is 31.0 Å². The van der Waals surface area contributed by atoms with Crippen molar-refractivity contribution in [3.8, 4) is 0 Å². The van der Waals surface area contributed by atoms with E-state index in [0.29, 0.717) is 5.57 Å². The lowest BCUT2D eigenvalue weighted by molar-refractivity contribution is -0.688. The van der Waals surface area contributed by atoms with Crippen LogP contribution < -0.4 is 32.4 Å². The topological polar surface area (TPSA) is 270 Å². The van der Waals surface area contributed by atoms with Crippen LogP contribution in [0.5, 0.6) is 0 Å². The highest BCUT2D eigenvalue weighted by Crippen LogP contribution is 2.40. The van der Waals surface area contributed by atoms with Crippen LogP contribution in [-0.2, 0) is 30.6 Å². The van der Waals surface area contributed by atoms with Crippen molar-refractivity contribution in [3.05, 3.63) is 39.8 Å². The zero-order valence-corrected chi connectivity index (χ0v) is 23.8. The SMILES string of the molecule is C[C@H](ON=C(C(=O)NC1C(=O)N2C(C(=O)O)=C(C[n+]3ccc(N)c(NC(N)=O)c3)CSC12)c1nc(N)sc1Cl)C(=O)O. The number of anilines is 3. The Kier molecular flexibility index (Phi) is 8.73. The number of urea groups is 1. The zero-order valence-electron chi connectivity index (χ0n) is 21.4.